The van der Waals surface area contributed by atoms with Gasteiger partial charge in [0.05, 0.1) is 16.8 Å². The SMILES string of the molecule is CC1C(C(=O)NN2CC3CCCC3C2)=NN(c2ccc(Cl)cc2Cl)C1c1ccc(Br)cc1.Cl. The topological polar surface area (TPSA) is 47.9 Å². The van der Waals surface area contributed by atoms with Crippen LogP contribution in [0.1, 0.15) is 37.8 Å². The maximum Gasteiger partial charge on any atom is 0.282 e. The van der Waals surface area contributed by atoms with Crippen LogP contribution in [0.15, 0.2) is 52.0 Å². The molecule has 2 aromatic carbocycles. The molecule has 0 aromatic heterocycles. The van der Waals surface area contributed by atoms with E-state index in [1.807, 2.05) is 30.1 Å². The van der Waals surface area contributed by atoms with Gasteiger partial charge in [0, 0.05) is 28.5 Å². The van der Waals surface area contributed by atoms with Gasteiger partial charge in [-0.25, -0.2) is 5.01 Å². The van der Waals surface area contributed by atoms with Crippen LogP contribution in [0.3, 0.4) is 0 Å². The summed E-state index contributed by atoms with van der Waals surface area (Å²) in [4.78, 5) is 13.3. The largest absolute Gasteiger partial charge is 0.284 e. The number of hydrogen-bond acceptors (Lipinski definition) is 4. The Morgan fingerprint density at radius 2 is 1.76 bits per heavy atom. The summed E-state index contributed by atoms with van der Waals surface area (Å²) in [6, 6.07) is 13.3. The molecule has 0 radical (unpaired) electrons. The monoisotopic (exact) mass is 570 g/mol. The van der Waals surface area contributed by atoms with Crippen LogP contribution in [-0.4, -0.2) is 29.7 Å². The van der Waals surface area contributed by atoms with Crippen LogP contribution in [0.4, 0.5) is 5.69 Å². The van der Waals surface area contributed by atoms with Crippen molar-refractivity contribution < 1.29 is 4.79 Å². The van der Waals surface area contributed by atoms with Crippen LogP contribution in [0.25, 0.3) is 0 Å². The number of anilines is 1. The maximum absolute atomic E-state index is 13.3. The summed E-state index contributed by atoms with van der Waals surface area (Å²) in [7, 11) is 0. The van der Waals surface area contributed by atoms with E-state index in [2.05, 4.69) is 38.5 Å². The molecule has 2 fully saturated rings. The van der Waals surface area contributed by atoms with Crippen molar-refractivity contribution in [1.29, 1.82) is 0 Å². The molecule has 1 saturated heterocycles. The van der Waals surface area contributed by atoms with E-state index in [9.17, 15) is 4.79 Å². The number of rotatable bonds is 4. The molecule has 1 saturated carbocycles. The van der Waals surface area contributed by atoms with E-state index in [4.69, 9.17) is 28.3 Å². The quantitative estimate of drug-likeness (QED) is 0.455. The third kappa shape index (κ3) is 4.92. The summed E-state index contributed by atoms with van der Waals surface area (Å²) in [6.45, 7) is 3.91. The van der Waals surface area contributed by atoms with Gasteiger partial charge in [-0.15, -0.1) is 12.4 Å². The molecule has 3 aliphatic rings. The molecule has 2 heterocycles. The molecule has 4 atom stereocenters. The highest BCUT2D eigenvalue weighted by atomic mass is 79.9. The lowest BCUT2D eigenvalue weighted by atomic mass is 9.91. The van der Waals surface area contributed by atoms with Crippen molar-refractivity contribution >= 4 is 68.8 Å². The van der Waals surface area contributed by atoms with Crippen LogP contribution in [0.2, 0.25) is 10.0 Å². The fourth-order valence-corrected chi connectivity index (χ4v) is 6.13. The molecule has 0 bridgehead atoms. The summed E-state index contributed by atoms with van der Waals surface area (Å²) in [5.41, 5.74) is 5.44. The van der Waals surface area contributed by atoms with E-state index >= 15 is 0 Å². The van der Waals surface area contributed by atoms with Crippen LogP contribution in [0.5, 0.6) is 0 Å². The van der Waals surface area contributed by atoms with Crippen molar-refractivity contribution in [2.24, 2.45) is 22.9 Å². The van der Waals surface area contributed by atoms with E-state index < -0.39 is 0 Å². The van der Waals surface area contributed by atoms with Crippen molar-refractivity contribution in [3.63, 3.8) is 0 Å². The summed E-state index contributed by atoms with van der Waals surface area (Å²) < 4.78 is 1.00. The molecule has 176 valence electrons. The molecule has 4 unspecified atom stereocenters. The van der Waals surface area contributed by atoms with Crippen molar-refractivity contribution in [2.75, 3.05) is 18.1 Å². The van der Waals surface area contributed by atoms with E-state index in [-0.39, 0.29) is 30.3 Å². The highest BCUT2D eigenvalue weighted by molar-refractivity contribution is 9.10. The first-order valence-corrected chi connectivity index (χ1v) is 12.6. The third-order valence-electron chi connectivity index (χ3n) is 6.97. The molecule has 5 rings (SSSR count). The molecule has 1 N–H and O–H groups in total. The van der Waals surface area contributed by atoms with Gasteiger partial charge < -0.3 is 0 Å². The average molecular weight is 573 g/mol. The molecule has 33 heavy (non-hydrogen) atoms. The number of nitrogens with one attached hydrogen (secondary N) is 1. The highest BCUT2D eigenvalue weighted by Crippen LogP contribution is 2.43. The first kappa shape index (κ1) is 24.8. The van der Waals surface area contributed by atoms with Gasteiger partial charge in [0.15, 0.2) is 0 Å². The number of halogens is 4. The molecule has 0 spiro atoms. The fourth-order valence-electron chi connectivity index (χ4n) is 5.37. The van der Waals surface area contributed by atoms with Gasteiger partial charge >= 0.3 is 0 Å². The smallest absolute Gasteiger partial charge is 0.282 e. The zero-order chi connectivity index (χ0) is 22.4. The first-order chi connectivity index (χ1) is 15.4. The normalized spacial score (nSPS) is 26.7. The van der Waals surface area contributed by atoms with Gasteiger partial charge in [0.1, 0.15) is 5.71 Å². The number of fused-ring (bicyclic) bond motifs is 1. The second kappa shape index (κ2) is 10.1. The number of hydrazone groups is 1. The van der Waals surface area contributed by atoms with Gasteiger partial charge in [0.2, 0.25) is 0 Å². The first-order valence-electron chi connectivity index (χ1n) is 11.0. The molecule has 1 aliphatic carbocycles. The molecular formula is C24H26BrCl3N4O. The molecular weight excluding hydrogens is 547 g/mol. The molecule has 2 aliphatic heterocycles. The lowest BCUT2D eigenvalue weighted by Gasteiger charge is -2.27. The second-order valence-corrected chi connectivity index (χ2v) is 10.8. The Morgan fingerprint density at radius 3 is 2.39 bits per heavy atom. The van der Waals surface area contributed by atoms with Gasteiger partial charge in [-0.2, -0.15) is 5.10 Å². The van der Waals surface area contributed by atoms with Crippen molar-refractivity contribution in [2.45, 2.75) is 32.2 Å². The standard InChI is InChI=1S/C24H25BrCl2N4O.ClH/c1-14-22(24(32)29-30-12-16-3-2-4-17(16)13-30)28-31(21-10-9-19(26)11-20(21)27)23(14)15-5-7-18(25)8-6-15;/h5-11,14,16-17,23H,2-4,12-13H2,1H3,(H,29,32);1H. The Balaban J connectivity index is 0.00000259. The van der Waals surface area contributed by atoms with Gasteiger partial charge in [-0.05, 0) is 60.6 Å². The number of carbonyl (C=O) groups is 1. The Kier molecular flexibility index (Phi) is 7.61. The van der Waals surface area contributed by atoms with Crippen molar-refractivity contribution in [1.82, 2.24) is 10.4 Å². The summed E-state index contributed by atoms with van der Waals surface area (Å²) >= 11 is 16.2. The molecule has 1 amide bonds. The number of hydrogen-bond donors (Lipinski definition) is 1. The number of amides is 1. The number of carbonyl (C=O) groups excluding carboxylic acids is 1. The van der Waals surface area contributed by atoms with Gasteiger partial charge in [-0.3, -0.25) is 15.2 Å². The van der Waals surface area contributed by atoms with Gasteiger partial charge in [-0.1, -0.05) is 64.6 Å². The van der Waals surface area contributed by atoms with Crippen LogP contribution in [0, 0.1) is 17.8 Å². The zero-order valence-electron chi connectivity index (χ0n) is 18.2. The Morgan fingerprint density at radius 1 is 1.09 bits per heavy atom. The minimum Gasteiger partial charge on any atom is -0.284 e. The fraction of sp³-hybridized carbons (Fsp3) is 0.417. The van der Waals surface area contributed by atoms with E-state index in [1.165, 1.54) is 19.3 Å². The molecule has 2 aromatic rings. The Hall–Kier alpha value is -1.31. The minimum absolute atomic E-state index is 0. The lowest BCUT2D eigenvalue weighted by Crippen LogP contribution is -2.45. The summed E-state index contributed by atoms with van der Waals surface area (Å²) in [5.74, 6) is 1.16. The number of benzene rings is 2. The van der Waals surface area contributed by atoms with E-state index in [1.54, 1.807) is 12.1 Å². The van der Waals surface area contributed by atoms with E-state index in [0.29, 0.717) is 27.6 Å². The van der Waals surface area contributed by atoms with Crippen LogP contribution < -0.4 is 10.4 Å². The molecule has 5 nitrogen and oxygen atoms in total. The Bertz CT molecular complexity index is 1050. The summed E-state index contributed by atoms with van der Waals surface area (Å²) in [5, 5.41) is 9.81. The molecule has 9 heteroatoms. The van der Waals surface area contributed by atoms with Crippen LogP contribution in [-0.2, 0) is 4.79 Å². The van der Waals surface area contributed by atoms with E-state index in [0.717, 1.165) is 28.8 Å². The second-order valence-electron chi connectivity index (χ2n) is 9.01. The zero-order valence-corrected chi connectivity index (χ0v) is 22.1. The van der Waals surface area contributed by atoms with Crippen LogP contribution >= 0.6 is 51.5 Å². The number of hydrazine groups is 1. The maximum atomic E-state index is 13.3. The van der Waals surface area contributed by atoms with Crippen molar-refractivity contribution in [3.05, 3.63) is 62.5 Å². The average Bonchev–Trinajstić information content (AvgIpc) is 3.42. The lowest BCUT2D eigenvalue weighted by molar-refractivity contribution is -0.119. The predicted molar refractivity (Wildman–Crippen MR) is 140 cm³/mol. The number of nitrogens with zero attached hydrogens (tertiary/aromatic N) is 3. The third-order valence-corrected chi connectivity index (χ3v) is 8.04. The van der Waals surface area contributed by atoms with Gasteiger partial charge in [0.25, 0.3) is 5.91 Å². The van der Waals surface area contributed by atoms with Crippen molar-refractivity contribution in [3.8, 4) is 0 Å². The minimum atomic E-state index is -0.152. The predicted octanol–water partition coefficient (Wildman–Crippen LogP) is 6.49. The highest BCUT2D eigenvalue weighted by Gasteiger charge is 2.42. The Labute approximate surface area is 219 Å². The summed E-state index contributed by atoms with van der Waals surface area (Å²) in [6.07, 6.45) is 3.85.